The number of hydrogen-bond acceptors (Lipinski definition) is 3. The first kappa shape index (κ1) is 17.4. The molecule has 2 N–H and O–H groups in total. The van der Waals surface area contributed by atoms with Crippen molar-refractivity contribution in [2.45, 2.75) is 26.2 Å². The molecule has 1 atom stereocenters. The van der Waals surface area contributed by atoms with E-state index in [-0.39, 0.29) is 5.92 Å². The van der Waals surface area contributed by atoms with Gasteiger partial charge in [0.1, 0.15) is 11.5 Å². The van der Waals surface area contributed by atoms with Crippen LogP contribution in [0.2, 0.25) is 0 Å². The SMILES string of the molecule is COc1cccc(C(CN)Cc2ccc(OCC(C)C)cc2)c1. The molecule has 0 aromatic heterocycles. The molecule has 0 aliphatic rings. The van der Waals surface area contributed by atoms with Gasteiger partial charge < -0.3 is 15.2 Å². The number of hydrogen-bond donors (Lipinski definition) is 1. The molecule has 2 aromatic rings. The van der Waals surface area contributed by atoms with Gasteiger partial charge in [0.05, 0.1) is 13.7 Å². The summed E-state index contributed by atoms with van der Waals surface area (Å²) in [6, 6.07) is 16.5. The van der Waals surface area contributed by atoms with Crippen molar-refractivity contribution in [3.8, 4) is 11.5 Å². The second-order valence-corrected chi connectivity index (χ2v) is 6.26. The molecule has 0 radical (unpaired) electrons. The van der Waals surface area contributed by atoms with E-state index in [1.807, 2.05) is 24.3 Å². The van der Waals surface area contributed by atoms with Gasteiger partial charge in [0.2, 0.25) is 0 Å². The molecule has 3 nitrogen and oxygen atoms in total. The summed E-state index contributed by atoms with van der Waals surface area (Å²) < 4.78 is 11.0. The Bertz CT molecular complexity index is 593. The lowest BCUT2D eigenvalue weighted by molar-refractivity contribution is 0.271. The van der Waals surface area contributed by atoms with E-state index >= 15 is 0 Å². The summed E-state index contributed by atoms with van der Waals surface area (Å²) in [5, 5.41) is 0. The van der Waals surface area contributed by atoms with E-state index in [4.69, 9.17) is 15.2 Å². The summed E-state index contributed by atoms with van der Waals surface area (Å²) in [6.07, 6.45) is 0.911. The van der Waals surface area contributed by atoms with Gasteiger partial charge in [0.15, 0.2) is 0 Å². The molecular weight excluding hydrogens is 286 g/mol. The quantitative estimate of drug-likeness (QED) is 0.800. The molecule has 0 spiro atoms. The Morgan fingerprint density at radius 3 is 2.35 bits per heavy atom. The van der Waals surface area contributed by atoms with Crippen molar-refractivity contribution in [1.82, 2.24) is 0 Å². The van der Waals surface area contributed by atoms with E-state index in [0.29, 0.717) is 12.5 Å². The van der Waals surface area contributed by atoms with Gasteiger partial charge in [-0.2, -0.15) is 0 Å². The van der Waals surface area contributed by atoms with Crippen LogP contribution in [0.3, 0.4) is 0 Å². The summed E-state index contributed by atoms with van der Waals surface area (Å²) >= 11 is 0. The Morgan fingerprint density at radius 1 is 1.00 bits per heavy atom. The lowest BCUT2D eigenvalue weighted by atomic mass is 9.92. The van der Waals surface area contributed by atoms with Crippen LogP contribution in [0.15, 0.2) is 48.5 Å². The zero-order valence-electron chi connectivity index (χ0n) is 14.3. The van der Waals surface area contributed by atoms with Gasteiger partial charge in [0, 0.05) is 5.92 Å². The lowest BCUT2D eigenvalue weighted by Crippen LogP contribution is -2.15. The van der Waals surface area contributed by atoms with Crippen molar-refractivity contribution in [3.05, 3.63) is 59.7 Å². The van der Waals surface area contributed by atoms with E-state index in [1.54, 1.807) is 7.11 Å². The van der Waals surface area contributed by atoms with Crippen LogP contribution in [0.1, 0.15) is 30.9 Å². The minimum atomic E-state index is 0.285. The third-order valence-electron chi connectivity index (χ3n) is 3.84. The van der Waals surface area contributed by atoms with E-state index in [1.165, 1.54) is 11.1 Å². The fourth-order valence-electron chi connectivity index (χ4n) is 2.50. The van der Waals surface area contributed by atoms with E-state index in [0.717, 1.165) is 24.5 Å². The Balaban J connectivity index is 2.03. The summed E-state index contributed by atoms with van der Waals surface area (Å²) in [7, 11) is 1.69. The van der Waals surface area contributed by atoms with Crippen LogP contribution < -0.4 is 15.2 Å². The van der Waals surface area contributed by atoms with Gasteiger partial charge >= 0.3 is 0 Å². The average Bonchev–Trinajstić information content (AvgIpc) is 2.58. The van der Waals surface area contributed by atoms with Crippen LogP contribution in [-0.2, 0) is 6.42 Å². The Hall–Kier alpha value is -2.00. The summed E-state index contributed by atoms with van der Waals surface area (Å²) in [4.78, 5) is 0. The lowest BCUT2D eigenvalue weighted by Gasteiger charge is -2.16. The molecule has 0 amide bonds. The molecule has 2 rings (SSSR count). The average molecular weight is 313 g/mol. The maximum atomic E-state index is 5.99. The van der Waals surface area contributed by atoms with Crippen molar-refractivity contribution >= 4 is 0 Å². The van der Waals surface area contributed by atoms with Crippen LogP contribution in [0, 0.1) is 5.92 Å². The topological polar surface area (TPSA) is 44.5 Å². The van der Waals surface area contributed by atoms with Gasteiger partial charge in [-0.25, -0.2) is 0 Å². The standard InChI is InChI=1S/C20H27NO2/c1-15(2)14-23-19-9-7-16(8-10-19)11-18(13-21)17-5-4-6-20(12-17)22-3/h4-10,12,15,18H,11,13-14,21H2,1-3H3. The van der Waals surface area contributed by atoms with Crippen LogP contribution >= 0.6 is 0 Å². The van der Waals surface area contributed by atoms with Crippen LogP contribution in [0.4, 0.5) is 0 Å². The van der Waals surface area contributed by atoms with Crippen molar-refractivity contribution in [1.29, 1.82) is 0 Å². The minimum absolute atomic E-state index is 0.285. The predicted molar refractivity (Wildman–Crippen MR) is 95.3 cm³/mol. The maximum Gasteiger partial charge on any atom is 0.119 e. The Kier molecular flexibility index (Phi) is 6.48. The van der Waals surface area contributed by atoms with Crippen molar-refractivity contribution in [2.24, 2.45) is 11.7 Å². The van der Waals surface area contributed by atoms with Crippen molar-refractivity contribution < 1.29 is 9.47 Å². The highest BCUT2D eigenvalue weighted by Crippen LogP contribution is 2.24. The Morgan fingerprint density at radius 2 is 1.74 bits per heavy atom. The fraction of sp³-hybridized carbons (Fsp3) is 0.400. The fourth-order valence-corrected chi connectivity index (χ4v) is 2.50. The molecule has 3 heteroatoms. The van der Waals surface area contributed by atoms with Gasteiger partial charge in [-0.1, -0.05) is 38.1 Å². The predicted octanol–water partition coefficient (Wildman–Crippen LogP) is 4.02. The highest BCUT2D eigenvalue weighted by atomic mass is 16.5. The van der Waals surface area contributed by atoms with Crippen molar-refractivity contribution in [3.63, 3.8) is 0 Å². The third-order valence-corrected chi connectivity index (χ3v) is 3.84. The normalized spacial score (nSPS) is 12.2. The van der Waals surface area contributed by atoms with E-state index in [9.17, 15) is 0 Å². The molecule has 2 aromatic carbocycles. The summed E-state index contributed by atoms with van der Waals surface area (Å²) in [5.74, 6) is 2.61. The molecular formula is C20H27NO2. The van der Waals surface area contributed by atoms with Gasteiger partial charge in [0.25, 0.3) is 0 Å². The number of ether oxygens (including phenoxy) is 2. The zero-order chi connectivity index (χ0) is 16.7. The molecule has 0 aliphatic heterocycles. The highest BCUT2D eigenvalue weighted by molar-refractivity contribution is 5.33. The smallest absolute Gasteiger partial charge is 0.119 e. The summed E-state index contributed by atoms with van der Waals surface area (Å²) in [6.45, 7) is 5.65. The van der Waals surface area contributed by atoms with Gasteiger partial charge in [-0.3, -0.25) is 0 Å². The first-order chi connectivity index (χ1) is 11.1. The van der Waals surface area contributed by atoms with E-state index in [2.05, 4.69) is 38.1 Å². The minimum Gasteiger partial charge on any atom is -0.497 e. The van der Waals surface area contributed by atoms with Crippen LogP contribution in [-0.4, -0.2) is 20.3 Å². The number of methoxy groups -OCH3 is 1. The first-order valence-corrected chi connectivity index (χ1v) is 8.18. The van der Waals surface area contributed by atoms with E-state index < -0.39 is 0 Å². The number of nitrogens with two attached hydrogens (primary N) is 1. The first-order valence-electron chi connectivity index (χ1n) is 8.18. The number of benzene rings is 2. The largest absolute Gasteiger partial charge is 0.497 e. The van der Waals surface area contributed by atoms with Crippen LogP contribution in [0.25, 0.3) is 0 Å². The molecule has 0 fully saturated rings. The van der Waals surface area contributed by atoms with Crippen molar-refractivity contribution in [2.75, 3.05) is 20.3 Å². The Labute approximate surface area is 139 Å². The second-order valence-electron chi connectivity index (χ2n) is 6.26. The maximum absolute atomic E-state index is 5.99. The molecule has 0 saturated heterocycles. The molecule has 124 valence electrons. The molecule has 0 bridgehead atoms. The number of rotatable bonds is 8. The third kappa shape index (κ3) is 5.29. The van der Waals surface area contributed by atoms with Gasteiger partial charge in [-0.05, 0) is 54.3 Å². The summed E-state index contributed by atoms with van der Waals surface area (Å²) in [5.41, 5.74) is 8.47. The zero-order valence-corrected chi connectivity index (χ0v) is 14.3. The molecule has 23 heavy (non-hydrogen) atoms. The molecule has 0 heterocycles. The molecule has 1 unspecified atom stereocenters. The van der Waals surface area contributed by atoms with Crippen LogP contribution in [0.5, 0.6) is 11.5 Å². The van der Waals surface area contributed by atoms with Gasteiger partial charge in [-0.15, -0.1) is 0 Å². The second kappa shape index (κ2) is 8.59. The monoisotopic (exact) mass is 313 g/mol. The molecule has 0 saturated carbocycles. The molecule has 0 aliphatic carbocycles. The highest BCUT2D eigenvalue weighted by Gasteiger charge is 2.12.